The lowest BCUT2D eigenvalue weighted by atomic mass is 9.99. The van der Waals surface area contributed by atoms with E-state index in [1.54, 1.807) is 24.3 Å². The highest BCUT2D eigenvalue weighted by atomic mass is 35.5. The van der Waals surface area contributed by atoms with E-state index in [2.05, 4.69) is 10.4 Å². The first-order valence-electron chi connectivity index (χ1n) is 9.66. The third-order valence-corrected chi connectivity index (χ3v) is 5.21. The number of anilines is 1. The van der Waals surface area contributed by atoms with Crippen LogP contribution in [0.1, 0.15) is 12.8 Å². The average Bonchev–Trinajstić information content (AvgIpc) is 2.77. The Morgan fingerprint density at radius 1 is 1.17 bits per heavy atom. The van der Waals surface area contributed by atoms with Gasteiger partial charge in [-0.3, -0.25) is 4.79 Å². The fraction of sp³-hybridized carbons (Fsp3) is 0.273. The van der Waals surface area contributed by atoms with Crippen molar-refractivity contribution in [3.63, 3.8) is 0 Å². The number of nitrogens with one attached hydrogen (secondary N) is 1. The number of hydrogen-bond donors (Lipinski definition) is 1. The SMILES string of the molecule is O=c1c(Cl)c(NC[C@]2(F)CCCOC2)cnn1-c1ccc(Oc2ccccc2)cc1. The number of hydrogen-bond acceptors (Lipinski definition) is 5. The summed E-state index contributed by atoms with van der Waals surface area (Å²) in [6.45, 7) is 0.599. The number of alkyl halides is 1. The van der Waals surface area contributed by atoms with E-state index in [4.69, 9.17) is 21.1 Å². The predicted octanol–water partition coefficient (Wildman–Crippen LogP) is 4.61. The zero-order chi connectivity index (χ0) is 21.0. The first-order valence-corrected chi connectivity index (χ1v) is 10.0. The van der Waals surface area contributed by atoms with Gasteiger partial charge in [-0.2, -0.15) is 9.78 Å². The third kappa shape index (κ3) is 4.63. The van der Waals surface area contributed by atoms with Gasteiger partial charge >= 0.3 is 0 Å². The molecule has 0 unspecified atom stereocenters. The van der Waals surface area contributed by atoms with Crippen molar-refractivity contribution < 1.29 is 13.9 Å². The van der Waals surface area contributed by atoms with Gasteiger partial charge in [0.1, 0.15) is 16.5 Å². The summed E-state index contributed by atoms with van der Waals surface area (Å²) in [5.74, 6) is 1.35. The molecule has 0 amide bonds. The number of benzene rings is 2. The minimum Gasteiger partial charge on any atom is -0.457 e. The summed E-state index contributed by atoms with van der Waals surface area (Å²) in [6, 6.07) is 16.3. The van der Waals surface area contributed by atoms with E-state index in [1.807, 2.05) is 30.3 Å². The summed E-state index contributed by atoms with van der Waals surface area (Å²) in [4.78, 5) is 12.7. The van der Waals surface area contributed by atoms with Gasteiger partial charge in [-0.05, 0) is 49.2 Å². The Hall–Kier alpha value is -2.90. The number of nitrogens with zero attached hydrogens (tertiary/aromatic N) is 2. The molecule has 0 radical (unpaired) electrons. The van der Waals surface area contributed by atoms with Crippen molar-refractivity contribution in [2.45, 2.75) is 18.5 Å². The minimum absolute atomic E-state index is 0.00335. The van der Waals surface area contributed by atoms with Crippen LogP contribution in [0.4, 0.5) is 10.1 Å². The van der Waals surface area contributed by atoms with Gasteiger partial charge in [0.15, 0.2) is 5.67 Å². The van der Waals surface area contributed by atoms with Crippen molar-refractivity contribution in [1.29, 1.82) is 0 Å². The minimum atomic E-state index is -1.48. The van der Waals surface area contributed by atoms with Crippen LogP contribution >= 0.6 is 11.6 Å². The summed E-state index contributed by atoms with van der Waals surface area (Å²) in [5, 5.41) is 7.02. The van der Waals surface area contributed by atoms with Crippen molar-refractivity contribution >= 4 is 17.3 Å². The molecule has 156 valence electrons. The predicted molar refractivity (Wildman–Crippen MR) is 114 cm³/mol. The second kappa shape index (κ2) is 8.85. The summed E-state index contributed by atoms with van der Waals surface area (Å²) >= 11 is 6.24. The molecule has 8 heteroatoms. The summed E-state index contributed by atoms with van der Waals surface area (Å²) in [7, 11) is 0. The summed E-state index contributed by atoms with van der Waals surface area (Å²) in [6.07, 6.45) is 2.49. The van der Waals surface area contributed by atoms with E-state index in [0.717, 1.165) is 0 Å². The standard InChI is InChI=1S/C22H21ClFN3O3/c23-20-19(25-14-22(24)11-4-12-29-15-22)13-26-27(21(20)28)16-7-9-18(10-8-16)30-17-5-2-1-3-6-17/h1-3,5-10,13,25H,4,11-12,14-15H2/t22-/m1/s1. The Labute approximate surface area is 178 Å². The first-order chi connectivity index (χ1) is 14.5. The monoisotopic (exact) mass is 429 g/mol. The molecule has 3 aromatic rings. The number of ether oxygens (including phenoxy) is 2. The van der Waals surface area contributed by atoms with Gasteiger partial charge in [-0.15, -0.1) is 0 Å². The fourth-order valence-corrected chi connectivity index (χ4v) is 3.43. The van der Waals surface area contributed by atoms with E-state index in [1.165, 1.54) is 10.9 Å². The van der Waals surface area contributed by atoms with Gasteiger partial charge in [0.2, 0.25) is 0 Å². The van der Waals surface area contributed by atoms with Gasteiger partial charge in [-0.1, -0.05) is 29.8 Å². The maximum atomic E-state index is 14.7. The molecule has 0 bridgehead atoms. The third-order valence-electron chi connectivity index (χ3n) is 4.85. The molecule has 30 heavy (non-hydrogen) atoms. The van der Waals surface area contributed by atoms with Crippen LogP contribution in [0.5, 0.6) is 11.5 Å². The Kier molecular flexibility index (Phi) is 6.01. The van der Waals surface area contributed by atoms with Crippen LogP contribution in [0.15, 0.2) is 65.6 Å². The van der Waals surface area contributed by atoms with Gasteiger partial charge in [0, 0.05) is 6.61 Å². The average molecular weight is 430 g/mol. The summed E-state index contributed by atoms with van der Waals surface area (Å²) in [5.41, 5.74) is -1.14. The van der Waals surface area contributed by atoms with Crippen molar-refractivity contribution in [2.75, 3.05) is 25.1 Å². The van der Waals surface area contributed by atoms with Crippen molar-refractivity contribution in [1.82, 2.24) is 9.78 Å². The van der Waals surface area contributed by atoms with E-state index >= 15 is 0 Å². The second-order valence-electron chi connectivity index (χ2n) is 7.16. The Balaban J connectivity index is 1.48. The van der Waals surface area contributed by atoms with Crippen LogP contribution in [0.3, 0.4) is 0 Å². The van der Waals surface area contributed by atoms with E-state index in [-0.39, 0.29) is 18.2 Å². The molecule has 0 aliphatic carbocycles. The van der Waals surface area contributed by atoms with Crippen molar-refractivity contribution in [3.8, 4) is 17.2 Å². The molecule has 0 spiro atoms. The maximum absolute atomic E-state index is 14.7. The van der Waals surface area contributed by atoms with Gasteiger partial charge in [0.25, 0.3) is 5.56 Å². The van der Waals surface area contributed by atoms with Crippen LogP contribution in [0, 0.1) is 0 Å². The Morgan fingerprint density at radius 2 is 1.90 bits per heavy atom. The normalized spacial score (nSPS) is 18.7. The first kappa shape index (κ1) is 20.4. The molecule has 1 aliphatic rings. The fourth-order valence-electron chi connectivity index (χ4n) is 3.23. The molecular formula is C22H21ClFN3O3. The van der Waals surface area contributed by atoms with Crippen LogP contribution < -0.4 is 15.6 Å². The molecule has 1 atom stereocenters. The molecule has 6 nitrogen and oxygen atoms in total. The summed E-state index contributed by atoms with van der Waals surface area (Å²) < 4.78 is 26.8. The lowest BCUT2D eigenvalue weighted by Crippen LogP contribution is -2.40. The van der Waals surface area contributed by atoms with E-state index in [0.29, 0.717) is 42.3 Å². The van der Waals surface area contributed by atoms with E-state index in [9.17, 15) is 9.18 Å². The Bertz CT molecular complexity index is 1050. The number of rotatable bonds is 6. The molecule has 2 heterocycles. The van der Waals surface area contributed by atoms with Gasteiger partial charge in [0.05, 0.1) is 30.7 Å². The molecule has 1 N–H and O–H groups in total. The molecule has 0 saturated carbocycles. The smallest absolute Gasteiger partial charge is 0.292 e. The number of aromatic nitrogens is 2. The van der Waals surface area contributed by atoms with E-state index < -0.39 is 11.2 Å². The Morgan fingerprint density at radius 3 is 2.60 bits per heavy atom. The van der Waals surface area contributed by atoms with Crippen LogP contribution in [0.25, 0.3) is 5.69 Å². The van der Waals surface area contributed by atoms with Crippen LogP contribution in [-0.4, -0.2) is 35.2 Å². The highest BCUT2D eigenvalue weighted by molar-refractivity contribution is 6.32. The van der Waals surface area contributed by atoms with Gasteiger partial charge in [-0.25, -0.2) is 4.39 Å². The molecule has 1 fully saturated rings. The lowest BCUT2D eigenvalue weighted by Gasteiger charge is -2.29. The molecule has 1 saturated heterocycles. The van der Waals surface area contributed by atoms with Crippen LogP contribution in [-0.2, 0) is 4.74 Å². The quantitative estimate of drug-likeness (QED) is 0.620. The number of halogens is 2. The molecular weight excluding hydrogens is 409 g/mol. The largest absolute Gasteiger partial charge is 0.457 e. The van der Waals surface area contributed by atoms with Crippen LogP contribution in [0.2, 0.25) is 5.02 Å². The number of para-hydroxylation sites is 1. The molecule has 1 aliphatic heterocycles. The maximum Gasteiger partial charge on any atom is 0.292 e. The highest BCUT2D eigenvalue weighted by Crippen LogP contribution is 2.26. The second-order valence-corrected chi connectivity index (χ2v) is 7.54. The zero-order valence-corrected chi connectivity index (χ0v) is 16.9. The topological polar surface area (TPSA) is 65.4 Å². The van der Waals surface area contributed by atoms with Crippen molar-refractivity contribution in [3.05, 3.63) is 76.2 Å². The molecule has 2 aromatic carbocycles. The highest BCUT2D eigenvalue weighted by Gasteiger charge is 2.32. The molecule has 4 rings (SSSR count). The lowest BCUT2D eigenvalue weighted by molar-refractivity contribution is -0.0234. The molecule has 1 aromatic heterocycles. The van der Waals surface area contributed by atoms with Crippen molar-refractivity contribution in [2.24, 2.45) is 0 Å². The van der Waals surface area contributed by atoms with Gasteiger partial charge < -0.3 is 14.8 Å². The zero-order valence-electron chi connectivity index (χ0n) is 16.2.